The Bertz CT molecular complexity index is 413. The summed E-state index contributed by atoms with van der Waals surface area (Å²) in [6, 6.07) is 3.49. The average Bonchev–Trinajstić information content (AvgIpc) is 2.32. The molecule has 1 unspecified atom stereocenters. The van der Waals surface area contributed by atoms with Gasteiger partial charge in [-0.05, 0) is 31.0 Å². The molecule has 5 heteroatoms. The smallest absolute Gasteiger partial charge is 0.339 e. The molecule has 1 aliphatic heterocycles. The molecular formula is C12H13FO4. The molecule has 0 radical (unpaired) electrons. The Morgan fingerprint density at radius 1 is 1.53 bits per heavy atom. The van der Waals surface area contributed by atoms with Gasteiger partial charge in [-0.2, -0.15) is 0 Å². The molecular weight excluding hydrogens is 227 g/mol. The normalized spacial score (nSPS) is 19.9. The van der Waals surface area contributed by atoms with Crippen molar-refractivity contribution in [3.05, 3.63) is 29.6 Å². The highest BCUT2D eigenvalue weighted by molar-refractivity contribution is 5.90. The number of aromatic carboxylic acids is 1. The SMILES string of the molecule is O=C(O)c1cc(F)ccc1OC1CCCOC1. The van der Waals surface area contributed by atoms with Crippen LogP contribution in [0.5, 0.6) is 5.75 Å². The Morgan fingerprint density at radius 3 is 3.00 bits per heavy atom. The second-order valence-electron chi connectivity index (χ2n) is 3.90. The predicted octanol–water partition coefficient (Wildman–Crippen LogP) is 2.08. The number of hydrogen-bond donors (Lipinski definition) is 1. The van der Waals surface area contributed by atoms with Crippen LogP contribution >= 0.6 is 0 Å². The maximum atomic E-state index is 12.9. The minimum Gasteiger partial charge on any atom is -0.487 e. The lowest BCUT2D eigenvalue weighted by Gasteiger charge is -2.23. The molecule has 1 aromatic rings. The van der Waals surface area contributed by atoms with Gasteiger partial charge in [-0.1, -0.05) is 0 Å². The molecule has 17 heavy (non-hydrogen) atoms. The van der Waals surface area contributed by atoms with Crippen molar-refractivity contribution < 1.29 is 23.8 Å². The van der Waals surface area contributed by atoms with E-state index in [0.717, 1.165) is 18.9 Å². The fourth-order valence-corrected chi connectivity index (χ4v) is 1.76. The zero-order chi connectivity index (χ0) is 12.3. The van der Waals surface area contributed by atoms with Crippen molar-refractivity contribution in [2.75, 3.05) is 13.2 Å². The van der Waals surface area contributed by atoms with Gasteiger partial charge >= 0.3 is 5.97 Å². The van der Waals surface area contributed by atoms with Crippen LogP contribution in [0.3, 0.4) is 0 Å². The lowest BCUT2D eigenvalue weighted by Crippen LogP contribution is -2.28. The first kappa shape index (κ1) is 11.9. The van der Waals surface area contributed by atoms with Crippen molar-refractivity contribution >= 4 is 5.97 Å². The molecule has 0 saturated carbocycles. The Kier molecular flexibility index (Phi) is 3.58. The fourth-order valence-electron chi connectivity index (χ4n) is 1.76. The highest BCUT2D eigenvalue weighted by atomic mass is 19.1. The number of carbonyl (C=O) groups is 1. The van der Waals surface area contributed by atoms with E-state index in [-0.39, 0.29) is 17.4 Å². The molecule has 2 rings (SSSR count). The van der Waals surface area contributed by atoms with E-state index in [2.05, 4.69) is 0 Å². The summed E-state index contributed by atoms with van der Waals surface area (Å²) in [4.78, 5) is 10.9. The number of rotatable bonds is 3. The summed E-state index contributed by atoms with van der Waals surface area (Å²) >= 11 is 0. The quantitative estimate of drug-likeness (QED) is 0.878. The third kappa shape index (κ3) is 2.94. The second kappa shape index (κ2) is 5.14. The van der Waals surface area contributed by atoms with E-state index in [1.54, 1.807) is 0 Å². The summed E-state index contributed by atoms with van der Waals surface area (Å²) < 4.78 is 23.7. The summed E-state index contributed by atoms with van der Waals surface area (Å²) in [5.41, 5.74) is -0.157. The van der Waals surface area contributed by atoms with E-state index in [9.17, 15) is 9.18 Å². The molecule has 1 fully saturated rings. The summed E-state index contributed by atoms with van der Waals surface area (Å²) in [6.45, 7) is 1.14. The molecule has 0 amide bonds. The Labute approximate surface area is 98.0 Å². The molecule has 0 aliphatic carbocycles. The van der Waals surface area contributed by atoms with Gasteiger partial charge in [0.1, 0.15) is 23.2 Å². The van der Waals surface area contributed by atoms with Gasteiger partial charge in [-0.3, -0.25) is 0 Å². The largest absolute Gasteiger partial charge is 0.487 e. The maximum Gasteiger partial charge on any atom is 0.339 e. The van der Waals surface area contributed by atoms with E-state index >= 15 is 0 Å². The standard InChI is InChI=1S/C12H13FO4/c13-8-3-4-11(10(6-8)12(14)15)17-9-2-1-5-16-7-9/h3-4,6,9H,1-2,5,7H2,(H,14,15). The molecule has 0 aromatic heterocycles. The van der Waals surface area contributed by atoms with Crippen LogP contribution in [0, 0.1) is 5.82 Å². The summed E-state index contributed by atoms with van der Waals surface area (Å²) in [6.07, 6.45) is 1.54. The lowest BCUT2D eigenvalue weighted by atomic mass is 10.1. The fraction of sp³-hybridized carbons (Fsp3) is 0.417. The van der Waals surface area contributed by atoms with Gasteiger partial charge < -0.3 is 14.6 Å². The van der Waals surface area contributed by atoms with Crippen LogP contribution in [0.4, 0.5) is 4.39 Å². The van der Waals surface area contributed by atoms with Crippen LogP contribution in [0.1, 0.15) is 23.2 Å². The van der Waals surface area contributed by atoms with Crippen LogP contribution in [0.15, 0.2) is 18.2 Å². The first-order valence-electron chi connectivity index (χ1n) is 5.44. The first-order chi connectivity index (χ1) is 8.16. The molecule has 1 saturated heterocycles. The Balaban J connectivity index is 2.16. The molecule has 1 aliphatic rings. The van der Waals surface area contributed by atoms with Crippen molar-refractivity contribution in [3.63, 3.8) is 0 Å². The van der Waals surface area contributed by atoms with Crippen LogP contribution in [-0.2, 0) is 4.74 Å². The number of carboxylic acids is 1. The number of ether oxygens (including phenoxy) is 2. The molecule has 92 valence electrons. The highest BCUT2D eigenvalue weighted by Gasteiger charge is 2.19. The van der Waals surface area contributed by atoms with Crippen LogP contribution < -0.4 is 4.74 Å². The summed E-state index contributed by atoms with van der Waals surface area (Å²) in [7, 11) is 0. The predicted molar refractivity (Wildman–Crippen MR) is 57.8 cm³/mol. The topological polar surface area (TPSA) is 55.8 Å². The van der Waals surface area contributed by atoms with Crippen molar-refractivity contribution in [1.82, 2.24) is 0 Å². The summed E-state index contributed by atoms with van der Waals surface area (Å²) in [5, 5.41) is 8.94. The van der Waals surface area contributed by atoms with Gasteiger partial charge in [0.2, 0.25) is 0 Å². The van der Waals surface area contributed by atoms with Crippen molar-refractivity contribution in [2.24, 2.45) is 0 Å². The Morgan fingerprint density at radius 2 is 2.35 bits per heavy atom. The van der Waals surface area contributed by atoms with E-state index < -0.39 is 11.8 Å². The minimum absolute atomic E-state index is 0.157. The second-order valence-corrected chi connectivity index (χ2v) is 3.90. The van der Waals surface area contributed by atoms with Crippen LogP contribution in [0.2, 0.25) is 0 Å². The highest BCUT2D eigenvalue weighted by Crippen LogP contribution is 2.23. The number of halogens is 1. The van der Waals surface area contributed by atoms with Gasteiger partial charge in [-0.25, -0.2) is 9.18 Å². The van der Waals surface area contributed by atoms with Gasteiger partial charge in [-0.15, -0.1) is 0 Å². The monoisotopic (exact) mass is 240 g/mol. The number of hydrogen-bond acceptors (Lipinski definition) is 3. The van der Waals surface area contributed by atoms with Gasteiger partial charge in [0.05, 0.1) is 6.61 Å². The first-order valence-corrected chi connectivity index (χ1v) is 5.44. The number of carboxylic acid groups (broad SMARTS) is 1. The zero-order valence-corrected chi connectivity index (χ0v) is 9.19. The molecule has 0 bridgehead atoms. The molecule has 1 N–H and O–H groups in total. The lowest BCUT2D eigenvalue weighted by molar-refractivity contribution is 0.00675. The molecule has 1 aromatic carbocycles. The maximum absolute atomic E-state index is 12.9. The van der Waals surface area contributed by atoms with Gasteiger partial charge in [0.15, 0.2) is 0 Å². The zero-order valence-electron chi connectivity index (χ0n) is 9.19. The molecule has 1 heterocycles. The molecule has 0 spiro atoms. The van der Waals surface area contributed by atoms with Crippen molar-refractivity contribution in [3.8, 4) is 5.75 Å². The Hall–Kier alpha value is -1.62. The van der Waals surface area contributed by atoms with Gasteiger partial charge in [0.25, 0.3) is 0 Å². The van der Waals surface area contributed by atoms with Crippen LogP contribution in [0.25, 0.3) is 0 Å². The minimum atomic E-state index is -1.20. The van der Waals surface area contributed by atoms with Crippen molar-refractivity contribution in [1.29, 1.82) is 0 Å². The third-order valence-electron chi connectivity index (χ3n) is 2.58. The van der Waals surface area contributed by atoms with Crippen molar-refractivity contribution in [2.45, 2.75) is 18.9 Å². The third-order valence-corrected chi connectivity index (χ3v) is 2.58. The van der Waals surface area contributed by atoms with Gasteiger partial charge in [0, 0.05) is 6.61 Å². The van der Waals surface area contributed by atoms with E-state index in [1.807, 2.05) is 0 Å². The number of benzene rings is 1. The summed E-state index contributed by atoms with van der Waals surface area (Å²) in [5.74, 6) is -1.60. The van der Waals surface area contributed by atoms with E-state index in [4.69, 9.17) is 14.6 Å². The molecule has 1 atom stereocenters. The van der Waals surface area contributed by atoms with E-state index in [0.29, 0.717) is 13.2 Å². The van der Waals surface area contributed by atoms with Crippen LogP contribution in [-0.4, -0.2) is 30.4 Å². The molecule has 4 nitrogen and oxygen atoms in total. The average molecular weight is 240 g/mol. The van der Waals surface area contributed by atoms with E-state index in [1.165, 1.54) is 12.1 Å².